The van der Waals surface area contributed by atoms with Crippen LogP contribution in [-0.4, -0.2) is 0 Å². The van der Waals surface area contributed by atoms with Crippen LogP contribution in [0, 0.1) is 6.92 Å². The third kappa shape index (κ3) is 4.50. The van der Waals surface area contributed by atoms with E-state index in [4.69, 9.17) is 27.9 Å². The molecule has 0 radical (unpaired) electrons. The maximum absolute atomic E-state index is 6.33. The monoisotopic (exact) mass is 421 g/mol. The Hall–Kier alpha value is -2.68. The third-order valence-electron chi connectivity index (χ3n) is 5.03. The van der Waals surface area contributed by atoms with Gasteiger partial charge in [0.05, 0.1) is 10.7 Å². The average molecular weight is 422 g/mol. The molecule has 0 spiro atoms. The van der Waals surface area contributed by atoms with Gasteiger partial charge in [-0.2, -0.15) is 0 Å². The number of rotatable bonds is 6. The molecule has 1 N–H and O–H groups in total. The molecular formula is C25H21Cl2NO. The molecular weight excluding hydrogens is 401 g/mol. The van der Waals surface area contributed by atoms with Gasteiger partial charge in [0.15, 0.2) is 0 Å². The van der Waals surface area contributed by atoms with E-state index in [1.165, 1.54) is 16.5 Å². The molecule has 0 aromatic heterocycles. The number of aryl methyl sites for hydroxylation is 1. The van der Waals surface area contributed by atoms with Gasteiger partial charge in [0.1, 0.15) is 12.4 Å². The maximum atomic E-state index is 6.33. The van der Waals surface area contributed by atoms with Crippen molar-refractivity contribution < 1.29 is 4.74 Å². The van der Waals surface area contributed by atoms with Crippen molar-refractivity contribution >= 4 is 39.7 Å². The molecule has 0 aliphatic carbocycles. The highest BCUT2D eigenvalue weighted by atomic mass is 35.5. The molecule has 0 heterocycles. The maximum Gasteiger partial charge on any atom is 0.125 e. The quantitative estimate of drug-likeness (QED) is 0.345. The lowest BCUT2D eigenvalue weighted by Crippen LogP contribution is -2.05. The first-order valence-corrected chi connectivity index (χ1v) is 10.2. The van der Waals surface area contributed by atoms with E-state index >= 15 is 0 Å². The highest BCUT2D eigenvalue weighted by molar-refractivity contribution is 6.35. The summed E-state index contributed by atoms with van der Waals surface area (Å²) in [5.41, 5.74) is 4.29. The molecule has 146 valence electrons. The van der Waals surface area contributed by atoms with Gasteiger partial charge in [-0.05, 0) is 53.1 Å². The fourth-order valence-electron chi connectivity index (χ4n) is 3.38. The minimum atomic E-state index is 0.524. The van der Waals surface area contributed by atoms with E-state index in [1.807, 2.05) is 36.4 Å². The number of fused-ring (bicyclic) bond motifs is 1. The Morgan fingerprint density at radius 2 is 1.66 bits per heavy atom. The van der Waals surface area contributed by atoms with Crippen molar-refractivity contribution in [2.75, 3.05) is 5.32 Å². The summed E-state index contributed by atoms with van der Waals surface area (Å²) in [6.07, 6.45) is 0. The van der Waals surface area contributed by atoms with Crippen LogP contribution in [-0.2, 0) is 13.2 Å². The highest BCUT2D eigenvalue weighted by Crippen LogP contribution is 2.32. The predicted octanol–water partition coefficient (Wildman–Crippen LogP) is 7.65. The minimum Gasteiger partial charge on any atom is -0.489 e. The second-order valence-corrected chi connectivity index (χ2v) is 7.80. The van der Waals surface area contributed by atoms with Crippen molar-refractivity contribution in [2.45, 2.75) is 20.1 Å². The smallest absolute Gasteiger partial charge is 0.125 e. The van der Waals surface area contributed by atoms with Gasteiger partial charge in [-0.1, -0.05) is 77.8 Å². The van der Waals surface area contributed by atoms with Gasteiger partial charge in [-0.3, -0.25) is 0 Å². The lowest BCUT2D eigenvalue weighted by Gasteiger charge is -2.17. The van der Waals surface area contributed by atoms with E-state index < -0.39 is 0 Å². The molecule has 2 nitrogen and oxygen atoms in total. The Morgan fingerprint density at radius 1 is 0.862 bits per heavy atom. The molecule has 0 saturated carbocycles. The van der Waals surface area contributed by atoms with Crippen LogP contribution in [0.15, 0.2) is 78.9 Å². The summed E-state index contributed by atoms with van der Waals surface area (Å²) in [7, 11) is 0. The molecule has 4 heteroatoms. The predicted molar refractivity (Wildman–Crippen MR) is 123 cm³/mol. The summed E-state index contributed by atoms with van der Waals surface area (Å²) in [6, 6.07) is 26.1. The third-order valence-corrected chi connectivity index (χ3v) is 5.59. The number of ether oxygens (including phenoxy) is 1. The molecule has 0 amide bonds. The van der Waals surface area contributed by atoms with Crippen molar-refractivity contribution in [3.8, 4) is 5.75 Å². The van der Waals surface area contributed by atoms with Crippen LogP contribution in [0.3, 0.4) is 0 Å². The zero-order chi connectivity index (χ0) is 20.2. The molecule has 0 bridgehead atoms. The first kappa shape index (κ1) is 19.6. The molecule has 4 aromatic rings. The van der Waals surface area contributed by atoms with Crippen LogP contribution in [0.5, 0.6) is 5.75 Å². The molecule has 4 aromatic carbocycles. The summed E-state index contributed by atoms with van der Waals surface area (Å²) in [5.74, 6) is 0.859. The molecule has 0 saturated heterocycles. The summed E-state index contributed by atoms with van der Waals surface area (Å²) >= 11 is 12.5. The summed E-state index contributed by atoms with van der Waals surface area (Å²) in [5, 5.41) is 7.02. The molecule has 0 unspecified atom stereocenters. The van der Waals surface area contributed by atoms with E-state index in [0.717, 1.165) is 22.4 Å². The number of nitrogens with one attached hydrogen (secondary N) is 1. The molecule has 0 atom stereocenters. The largest absolute Gasteiger partial charge is 0.489 e. The van der Waals surface area contributed by atoms with Crippen LogP contribution in [0.2, 0.25) is 10.0 Å². The Labute approximate surface area is 181 Å². The van der Waals surface area contributed by atoms with Gasteiger partial charge in [-0.25, -0.2) is 0 Å². The summed E-state index contributed by atoms with van der Waals surface area (Å²) in [4.78, 5) is 0. The second kappa shape index (κ2) is 8.77. The number of hydrogen-bond acceptors (Lipinski definition) is 2. The van der Waals surface area contributed by atoms with E-state index in [0.29, 0.717) is 23.2 Å². The lowest BCUT2D eigenvalue weighted by molar-refractivity contribution is 0.303. The van der Waals surface area contributed by atoms with Crippen molar-refractivity contribution in [1.29, 1.82) is 0 Å². The van der Waals surface area contributed by atoms with E-state index in [9.17, 15) is 0 Å². The van der Waals surface area contributed by atoms with Crippen LogP contribution in [0.25, 0.3) is 10.8 Å². The topological polar surface area (TPSA) is 21.3 Å². The second-order valence-electron chi connectivity index (χ2n) is 6.96. The molecule has 0 aliphatic rings. The van der Waals surface area contributed by atoms with Crippen molar-refractivity contribution in [3.63, 3.8) is 0 Å². The van der Waals surface area contributed by atoms with Crippen molar-refractivity contribution in [3.05, 3.63) is 106 Å². The Kier molecular flexibility index (Phi) is 5.94. The van der Waals surface area contributed by atoms with Gasteiger partial charge in [0.25, 0.3) is 0 Å². The molecule has 0 fully saturated rings. The standard InChI is InChI=1S/C25H21Cl2NO/c1-17-6-2-3-8-19(17)16-29-25-13-10-18-7-4-5-9-21(18)22(25)15-28-24-14-20(26)11-12-23(24)27/h2-14,28H,15-16H2,1H3. The fraction of sp³-hybridized carbons (Fsp3) is 0.120. The normalized spacial score (nSPS) is 10.9. The molecule has 29 heavy (non-hydrogen) atoms. The highest BCUT2D eigenvalue weighted by Gasteiger charge is 2.11. The first-order valence-electron chi connectivity index (χ1n) is 9.48. The lowest BCUT2D eigenvalue weighted by atomic mass is 10.0. The zero-order valence-corrected chi connectivity index (χ0v) is 17.6. The van der Waals surface area contributed by atoms with Crippen LogP contribution < -0.4 is 10.1 Å². The number of halogens is 2. The van der Waals surface area contributed by atoms with Crippen molar-refractivity contribution in [2.24, 2.45) is 0 Å². The Morgan fingerprint density at radius 3 is 2.52 bits per heavy atom. The number of benzene rings is 4. The average Bonchev–Trinajstić information content (AvgIpc) is 2.74. The molecule has 4 rings (SSSR count). The Balaban J connectivity index is 1.65. The summed E-state index contributed by atoms with van der Waals surface area (Å²) < 4.78 is 6.26. The SMILES string of the molecule is Cc1ccccc1COc1ccc2ccccc2c1CNc1cc(Cl)ccc1Cl. The van der Waals surface area contributed by atoms with Crippen LogP contribution in [0.4, 0.5) is 5.69 Å². The van der Waals surface area contributed by atoms with Gasteiger partial charge >= 0.3 is 0 Å². The van der Waals surface area contributed by atoms with Gasteiger partial charge in [0.2, 0.25) is 0 Å². The van der Waals surface area contributed by atoms with E-state index in [2.05, 4.69) is 42.6 Å². The van der Waals surface area contributed by atoms with Gasteiger partial charge in [0, 0.05) is 17.1 Å². The minimum absolute atomic E-state index is 0.524. The number of anilines is 1. The van der Waals surface area contributed by atoms with Gasteiger partial charge in [-0.15, -0.1) is 0 Å². The zero-order valence-electron chi connectivity index (χ0n) is 16.1. The molecule has 0 aliphatic heterocycles. The van der Waals surface area contributed by atoms with Crippen LogP contribution in [0.1, 0.15) is 16.7 Å². The Bertz CT molecular complexity index is 1160. The van der Waals surface area contributed by atoms with E-state index in [-0.39, 0.29) is 0 Å². The van der Waals surface area contributed by atoms with Crippen molar-refractivity contribution in [1.82, 2.24) is 0 Å². The van der Waals surface area contributed by atoms with Crippen LogP contribution >= 0.6 is 23.2 Å². The fourth-order valence-corrected chi connectivity index (χ4v) is 3.73. The first-order chi connectivity index (χ1) is 14.1. The van der Waals surface area contributed by atoms with E-state index in [1.54, 1.807) is 12.1 Å². The van der Waals surface area contributed by atoms with Gasteiger partial charge < -0.3 is 10.1 Å². The number of hydrogen-bond donors (Lipinski definition) is 1. The summed E-state index contributed by atoms with van der Waals surface area (Å²) in [6.45, 7) is 3.20.